The second-order valence-corrected chi connectivity index (χ2v) is 15.4. The summed E-state index contributed by atoms with van der Waals surface area (Å²) in [5, 5.41) is 162. The minimum Gasteiger partial charge on any atom is -0.508 e. The number of aromatic hydroxyl groups is 2. The van der Waals surface area contributed by atoms with E-state index in [1.54, 1.807) is 0 Å². The molecule has 22 heteroatoms. The van der Waals surface area contributed by atoms with Crippen molar-refractivity contribution < 1.29 is 110 Å². The van der Waals surface area contributed by atoms with Crippen molar-refractivity contribution in [3.8, 4) is 11.5 Å². The molecule has 0 spiro atoms. The molecular weight excluding hydrogens is 868 g/mol. The number of ether oxygens (including phenoxy) is 2. The monoisotopic (exact) mass is 910 g/mol. The van der Waals surface area contributed by atoms with E-state index in [1.807, 2.05) is 0 Å². The first kappa shape index (κ1) is 48.2. The molecule has 0 bridgehead atoms. The Morgan fingerprint density at radius 2 is 0.923 bits per heavy atom. The molecule has 2 aliphatic heterocycles. The number of rotatable bonds is 11. The fraction of sp³-hybridized carbons (Fsp3) is 0.326. The van der Waals surface area contributed by atoms with Gasteiger partial charge >= 0.3 is 0 Å². The van der Waals surface area contributed by atoms with Crippen molar-refractivity contribution in [3.05, 3.63) is 117 Å². The largest absolute Gasteiger partial charge is 0.508 e. The minimum atomic E-state index is -3.89. The molecule has 0 aromatic heterocycles. The zero-order valence-electron chi connectivity index (χ0n) is 33.3. The van der Waals surface area contributed by atoms with Crippen molar-refractivity contribution in [1.82, 2.24) is 0 Å². The molecule has 2 fully saturated rings. The van der Waals surface area contributed by atoms with Crippen molar-refractivity contribution in [2.45, 2.75) is 72.2 Å². The van der Waals surface area contributed by atoms with Crippen molar-refractivity contribution in [3.63, 3.8) is 0 Å². The number of ketones is 5. The van der Waals surface area contributed by atoms with E-state index in [9.17, 15) is 101 Å². The molecule has 0 radical (unpaired) electrons. The Hall–Kier alpha value is -6.25. The fourth-order valence-electron chi connectivity index (χ4n) is 7.68. The van der Waals surface area contributed by atoms with Gasteiger partial charge in [-0.25, -0.2) is 0 Å². The van der Waals surface area contributed by atoms with Gasteiger partial charge in [-0.05, 0) is 53.6 Å². The SMILES string of the molecule is O=C(/C=C/c1ccc(O)cc1)C1=C(O)[C@@](O)([C@@H]2O[C@H](CO)[C@@H](O)[C@H](O)[C@H]2O)C(O)=C(/C=C2/C(=O)C(C(=O)/C=C/c3ccc(O)cc3)=C(O)[C@@](O)([C@@H]3O[C@H](CO)[C@@H](O)[C@H](O)[C@H]3O)C2=O)C1=O. The van der Waals surface area contributed by atoms with Crippen molar-refractivity contribution >= 4 is 41.1 Å². The van der Waals surface area contributed by atoms with Crippen LogP contribution >= 0.6 is 0 Å². The van der Waals surface area contributed by atoms with Gasteiger partial charge in [-0.1, -0.05) is 36.4 Å². The lowest BCUT2D eigenvalue weighted by Crippen LogP contribution is -2.69. The summed E-state index contributed by atoms with van der Waals surface area (Å²) in [7, 11) is 0. The van der Waals surface area contributed by atoms with Crippen LogP contribution in [0.2, 0.25) is 0 Å². The van der Waals surface area contributed by atoms with Crippen LogP contribution < -0.4 is 0 Å². The van der Waals surface area contributed by atoms with Crippen LogP contribution in [0, 0.1) is 0 Å². The Morgan fingerprint density at radius 1 is 0.538 bits per heavy atom. The number of benzene rings is 2. The van der Waals surface area contributed by atoms with Crippen LogP contribution in [-0.2, 0) is 33.4 Å². The summed E-state index contributed by atoms with van der Waals surface area (Å²) >= 11 is 0. The van der Waals surface area contributed by atoms with Crippen molar-refractivity contribution in [1.29, 1.82) is 0 Å². The molecule has 346 valence electrons. The number of phenols is 2. The molecule has 2 aromatic rings. The molecule has 0 amide bonds. The Kier molecular flexibility index (Phi) is 13.6. The molecule has 4 aliphatic rings. The quantitative estimate of drug-likeness (QED) is 0.0759. The highest BCUT2D eigenvalue weighted by molar-refractivity contribution is 6.42. The standard InChI is InChI=1S/C43H42O22/c44-14-24-30(52)32(54)34(56)40(64-24)42(62)36(58)20(28(50)26(38(42)60)22(48)11-5-16-1-7-18(46)8-2-16)13-21-29(51)27(23(49)12-6-17-3-9-19(47)10-4-17)39(61)43(63,37(21)59)41-35(57)33(55)31(53)25(15-45)65-41/h1-13,24-25,30-35,40-41,44-47,52-58,60-63H,14-15H2/b11-5+,12-6+,21-13-/t24-,25-,30-,31-,32+,33+,34-,35-,40-,41-,42-,43-/m1/s1. The van der Waals surface area contributed by atoms with Crippen LogP contribution in [0.3, 0.4) is 0 Å². The van der Waals surface area contributed by atoms with Gasteiger partial charge in [-0.15, -0.1) is 0 Å². The van der Waals surface area contributed by atoms with E-state index in [4.69, 9.17) is 9.47 Å². The highest BCUT2D eigenvalue weighted by atomic mass is 16.6. The van der Waals surface area contributed by atoms with E-state index in [0.29, 0.717) is 12.2 Å². The number of carbonyl (C=O) groups is 5. The molecule has 0 unspecified atom stereocenters. The third-order valence-corrected chi connectivity index (χ3v) is 11.4. The number of aliphatic hydroxyl groups is 13. The Bertz CT molecular complexity index is 2460. The predicted molar refractivity (Wildman–Crippen MR) is 214 cm³/mol. The zero-order chi connectivity index (χ0) is 48.0. The maximum absolute atomic E-state index is 14.5. The summed E-state index contributed by atoms with van der Waals surface area (Å²) < 4.78 is 10.7. The maximum Gasteiger partial charge on any atom is 0.214 e. The molecule has 2 saturated heterocycles. The van der Waals surface area contributed by atoms with Gasteiger partial charge in [-0.2, -0.15) is 0 Å². The average molecular weight is 911 g/mol. The lowest BCUT2D eigenvalue weighted by atomic mass is 9.70. The van der Waals surface area contributed by atoms with Crippen LogP contribution in [0.4, 0.5) is 0 Å². The van der Waals surface area contributed by atoms with E-state index >= 15 is 0 Å². The summed E-state index contributed by atoms with van der Waals surface area (Å²) in [6.45, 7) is -2.32. The lowest BCUT2D eigenvalue weighted by Gasteiger charge is -2.47. The Balaban J connectivity index is 1.59. The van der Waals surface area contributed by atoms with E-state index in [0.717, 1.165) is 12.2 Å². The summed E-state index contributed by atoms with van der Waals surface area (Å²) in [4.78, 5) is 70.9. The first-order chi connectivity index (χ1) is 30.5. The molecule has 12 atom stereocenters. The van der Waals surface area contributed by atoms with E-state index in [-0.39, 0.29) is 28.7 Å². The predicted octanol–water partition coefficient (Wildman–Crippen LogP) is -3.79. The average Bonchev–Trinajstić information content (AvgIpc) is 3.28. The number of phenolic OH excluding ortho intramolecular Hbond substituents is 2. The summed E-state index contributed by atoms with van der Waals surface area (Å²) in [5.41, 5.74) is -13.4. The van der Waals surface area contributed by atoms with Crippen LogP contribution in [0.1, 0.15) is 11.1 Å². The molecule has 2 heterocycles. The molecule has 6 rings (SSSR count). The van der Waals surface area contributed by atoms with Gasteiger partial charge in [0.15, 0.2) is 11.6 Å². The summed E-state index contributed by atoms with van der Waals surface area (Å²) in [6.07, 6.45) is -19.9. The number of carbonyl (C=O) groups excluding carboxylic acids is 5. The fourth-order valence-corrected chi connectivity index (χ4v) is 7.68. The maximum atomic E-state index is 14.5. The third kappa shape index (κ3) is 8.22. The van der Waals surface area contributed by atoms with Gasteiger partial charge in [-0.3, -0.25) is 24.0 Å². The second-order valence-electron chi connectivity index (χ2n) is 15.4. The van der Waals surface area contributed by atoms with Crippen molar-refractivity contribution in [2.75, 3.05) is 13.2 Å². The van der Waals surface area contributed by atoms with Gasteiger partial charge < -0.3 is 86.1 Å². The van der Waals surface area contributed by atoms with Gasteiger partial charge in [0.2, 0.25) is 28.6 Å². The van der Waals surface area contributed by atoms with Crippen LogP contribution in [0.5, 0.6) is 11.5 Å². The highest BCUT2D eigenvalue weighted by Gasteiger charge is 2.64. The zero-order valence-corrected chi connectivity index (χ0v) is 33.3. The lowest BCUT2D eigenvalue weighted by molar-refractivity contribution is -0.265. The highest BCUT2D eigenvalue weighted by Crippen LogP contribution is 2.45. The van der Waals surface area contributed by atoms with Gasteiger partial charge in [0.05, 0.1) is 24.4 Å². The number of Topliss-reactive ketones (excluding diaryl/α,β-unsaturated/α-hetero) is 3. The van der Waals surface area contributed by atoms with E-state index < -0.39 is 154 Å². The second kappa shape index (κ2) is 18.3. The molecule has 2 aliphatic carbocycles. The van der Waals surface area contributed by atoms with E-state index in [2.05, 4.69) is 0 Å². The molecule has 0 saturated carbocycles. The molecule has 65 heavy (non-hydrogen) atoms. The molecular formula is C43H42O22. The number of hydrogen-bond donors (Lipinski definition) is 15. The van der Waals surface area contributed by atoms with Gasteiger partial charge in [0, 0.05) is 0 Å². The molecule has 22 nitrogen and oxygen atoms in total. The topological polar surface area (TPSA) is 407 Å². The summed E-state index contributed by atoms with van der Waals surface area (Å²) in [5.74, 6) is -14.7. The first-order valence-corrected chi connectivity index (χ1v) is 19.3. The third-order valence-electron chi connectivity index (χ3n) is 11.4. The Labute approximate surface area is 365 Å². The van der Waals surface area contributed by atoms with Crippen LogP contribution in [-0.4, -0.2) is 191 Å². The minimum absolute atomic E-state index is 0.0686. The number of aliphatic hydroxyl groups excluding tert-OH is 11. The van der Waals surface area contributed by atoms with Crippen LogP contribution in [0.15, 0.2) is 106 Å². The van der Waals surface area contributed by atoms with Crippen LogP contribution in [0.25, 0.3) is 12.2 Å². The normalized spacial score (nSPS) is 34.4. The Morgan fingerprint density at radius 3 is 1.34 bits per heavy atom. The number of hydrogen-bond acceptors (Lipinski definition) is 22. The first-order valence-electron chi connectivity index (χ1n) is 19.3. The number of allylic oxidation sites excluding steroid dienone is 6. The smallest absolute Gasteiger partial charge is 0.214 e. The van der Waals surface area contributed by atoms with Gasteiger partial charge in [0.1, 0.15) is 101 Å². The van der Waals surface area contributed by atoms with Gasteiger partial charge in [0.25, 0.3) is 0 Å². The molecule has 2 aromatic carbocycles. The molecule has 15 N–H and O–H groups in total. The summed E-state index contributed by atoms with van der Waals surface area (Å²) in [6, 6.07) is 9.97. The van der Waals surface area contributed by atoms with Crippen molar-refractivity contribution in [2.24, 2.45) is 0 Å². The van der Waals surface area contributed by atoms with E-state index in [1.165, 1.54) is 48.5 Å².